The molecule has 1 aromatic carbocycles. The molecule has 0 aliphatic carbocycles. The SMILES string of the molecule is COc1cc(CN2CC[C@@H](F)C2)ccc1-c1cc(Nc2cnc(C#N)cn2)n[nH]1. The molecule has 1 fully saturated rings. The van der Waals surface area contributed by atoms with Crippen LogP contribution < -0.4 is 10.1 Å². The Labute approximate surface area is 167 Å². The van der Waals surface area contributed by atoms with Gasteiger partial charge in [0, 0.05) is 31.3 Å². The van der Waals surface area contributed by atoms with Gasteiger partial charge in [-0.2, -0.15) is 10.4 Å². The number of rotatable bonds is 6. The zero-order valence-corrected chi connectivity index (χ0v) is 15.9. The van der Waals surface area contributed by atoms with Crippen LogP contribution in [0.4, 0.5) is 16.0 Å². The minimum Gasteiger partial charge on any atom is -0.496 e. The van der Waals surface area contributed by atoms with Crippen LogP contribution in [0.25, 0.3) is 11.3 Å². The molecule has 0 saturated carbocycles. The van der Waals surface area contributed by atoms with E-state index in [1.165, 1.54) is 12.4 Å². The lowest BCUT2D eigenvalue weighted by atomic mass is 10.1. The standard InChI is InChI=1S/C20H20FN7O/c1-29-18-6-13(11-28-5-4-14(21)12-28)2-3-16(18)17-7-19(27-26-17)25-20-10-23-15(8-22)9-24-20/h2-3,6-7,9-10,14H,4-5,11-12H2,1H3,(H2,24,25,26,27)/t14-/m1/s1. The van der Waals surface area contributed by atoms with Crippen LogP contribution in [0.15, 0.2) is 36.7 Å². The van der Waals surface area contributed by atoms with Gasteiger partial charge < -0.3 is 10.1 Å². The molecule has 0 amide bonds. The number of H-pyrrole nitrogens is 1. The molecule has 3 heterocycles. The maximum atomic E-state index is 13.4. The van der Waals surface area contributed by atoms with Gasteiger partial charge in [-0.15, -0.1) is 0 Å². The van der Waals surface area contributed by atoms with Crippen molar-refractivity contribution in [3.63, 3.8) is 0 Å². The van der Waals surface area contributed by atoms with Crippen LogP contribution in [-0.2, 0) is 6.54 Å². The summed E-state index contributed by atoms with van der Waals surface area (Å²) in [7, 11) is 1.62. The summed E-state index contributed by atoms with van der Waals surface area (Å²) in [6, 6.07) is 9.72. The maximum Gasteiger partial charge on any atom is 0.158 e. The first kappa shape index (κ1) is 18.8. The third kappa shape index (κ3) is 4.33. The molecule has 1 aliphatic heterocycles. The van der Waals surface area contributed by atoms with Gasteiger partial charge in [-0.3, -0.25) is 10.00 Å². The van der Waals surface area contributed by atoms with E-state index in [1.54, 1.807) is 7.11 Å². The van der Waals surface area contributed by atoms with Gasteiger partial charge in [-0.05, 0) is 24.1 Å². The lowest BCUT2D eigenvalue weighted by molar-refractivity contribution is 0.282. The monoisotopic (exact) mass is 393 g/mol. The van der Waals surface area contributed by atoms with E-state index < -0.39 is 6.17 Å². The van der Waals surface area contributed by atoms with E-state index in [4.69, 9.17) is 10.00 Å². The van der Waals surface area contributed by atoms with Crippen LogP contribution in [0.2, 0.25) is 0 Å². The number of methoxy groups -OCH3 is 1. The highest BCUT2D eigenvalue weighted by Gasteiger charge is 2.22. The lowest BCUT2D eigenvalue weighted by Gasteiger charge is -2.16. The third-order valence-electron chi connectivity index (χ3n) is 4.78. The first-order chi connectivity index (χ1) is 14.1. The second-order valence-corrected chi connectivity index (χ2v) is 6.85. The smallest absolute Gasteiger partial charge is 0.158 e. The van der Waals surface area contributed by atoms with E-state index in [0.29, 0.717) is 36.9 Å². The van der Waals surface area contributed by atoms with Crippen LogP contribution in [0, 0.1) is 11.3 Å². The minimum absolute atomic E-state index is 0.249. The Morgan fingerprint density at radius 2 is 2.21 bits per heavy atom. The number of nitriles is 1. The first-order valence-electron chi connectivity index (χ1n) is 9.23. The van der Waals surface area contributed by atoms with Crippen LogP contribution in [0.5, 0.6) is 5.75 Å². The molecule has 0 radical (unpaired) electrons. The Kier molecular flexibility index (Phi) is 5.35. The van der Waals surface area contributed by atoms with E-state index in [-0.39, 0.29) is 5.69 Å². The summed E-state index contributed by atoms with van der Waals surface area (Å²) in [5.74, 6) is 1.77. The topological polar surface area (TPSA) is 103 Å². The summed E-state index contributed by atoms with van der Waals surface area (Å²) in [4.78, 5) is 10.2. The number of ether oxygens (including phenoxy) is 1. The number of halogens is 1. The molecule has 4 rings (SSSR count). The number of alkyl halides is 1. The van der Waals surface area contributed by atoms with Gasteiger partial charge in [0.15, 0.2) is 11.5 Å². The number of hydrogen-bond donors (Lipinski definition) is 2. The molecule has 1 aliphatic rings. The van der Waals surface area contributed by atoms with Gasteiger partial charge >= 0.3 is 0 Å². The molecular formula is C20H20FN7O. The Balaban J connectivity index is 1.49. The summed E-state index contributed by atoms with van der Waals surface area (Å²) in [6.45, 7) is 1.96. The van der Waals surface area contributed by atoms with Gasteiger partial charge in [-0.25, -0.2) is 14.4 Å². The highest BCUT2D eigenvalue weighted by atomic mass is 19.1. The van der Waals surface area contributed by atoms with Gasteiger partial charge in [-0.1, -0.05) is 6.07 Å². The van der Waals surface area contributed by atoms with Gasteiger partial charge in [0.25, 0.3) is 0 Å². The van der Waals surface area contributed by atoms with Crippen molar-refractivity contribution in [3.8, 4) is 23.1 Å². The molecule has 148 valence electrons. The van der Waals surface area contributed by atoms with Crippen molar-refractivity contribution in [2.75, 3.05) is 25.5 Å². The number of likely N-dealkylation sites (tertiary alicyclic amines) is 1. The molecular weight excluding hydrogens is 373 g/mol. The zero-order chi connectivity index (χ0) is 20.2. The number of aromatic nitrogens is 4. The largest absolute Gasteiger partial charge is 0.496 e. The average molecular weight is 393 g/mol. The van der Waals surface area contributed by atoms with E-state index in [2.05, 4.69) is 30.4 Å². The number of anilines is 2. The first-order valence-corrected chi connectivity index (χ1v) is 9.23. The molecule has 29 heavy (non-hydrogen) atoms. The Bertz CT molecular complexity index is 1030. The number of nitrogens with zero attached hydrogens (tertiary/aromatic N) is 5. The van der Waals surface area contributed by atoms with Crippen molar-refractivity contribution in [3.05, 3.63) is 47.9 Å². The van der Waals surface area contributed by atoms with E-state index >= 15 is 0 Å². The number of nitrogens with one attached hydrogen (secondary N) is 2. The minimum atomic E-state index is -0.729. The Morgan fingerprint density at radius 1 is 1.31 bits per heavy atom. The molecule has 0 spiro atoms. The quantitative estimate of drug-likeness (QED) is 0.663. The normalized spacial score (nSPS) is 16.5. The van der Waals surface area contributed by atoms with Crippen molar-refractivity contribution >= 4 is 11.6 Å². The number of aromatic amines is 1. The van der Waals surface area contributed by atoms with Crippen molar-refractivity contribution in [1.82, 2.24) is 25.1 Å². The van der Waals surface area contributed by atoms with E-state index in [1.807, 2.05) is 30.3 Å². The molecule has 2 aromatic heterocycles. The molecule has 2 N–H and O–H groups in total. The number of hydrogen-bond acceptors (Lipinski definition) is 7. The highest BCUT2D eigenvalue weighted by Crippen LogP contribution is 2.32. The molecule has 1 atom stereocenters. The third-order valence-corrected chi connectivity index (χ3v) is 4.78. The molecule has 8 nitrogen and oxygen atoms in total. The molecule has 9 heteroatoms. The molecule has 0 unspecified atom stereocenters. The Hall–Kier alpha value is -3.51. The van der Waals surface area contributed by atoms with Gasteiger partial charge in [0.05, 0.1) is 25.2 Å². The fraction of sp³-hybridized carbons (Fsp3) is 0.300. The van der Waals surface area contributed by atoms with Crippen molar-refractivity contribution in [2.45, 2.75) is 19.1 Å². The molecule has 1 saturated heterocycles. The van der Waals surface area contributed by atoms with Crippen LogP contribution in [0.1, 0.15) is 17.7 Å². The molecule has 3 aromatic rings. The molecule has 0 bridgehead atoms. The summed E-state index contributed by atoms with van der Waals surface area (Å²) in [5, 5.41) is 19.1. The van der Waals surface area contributed by atoms with Crippen LogP contribution >= 0.6 is 0 Å². The summed E-state index contributed by atoms with van der Waals surface area (Å²) in [5.41, 5.74) is 2.97. The Morgan fingerprint density at radius 3 is 2.90 bits per heavy atom. The fourth-order valence-electron chi connectivity index (χ4n) is 3.35. The lowest BCUT2D eigenvalue weighted by Crippen LogP contribution is -2.20. The van der Waals surface area contributed by atoms with Crippen molar-refractivity contribution in [2.24, 2.45) is 0 Å². The predicted molar refractivity (Wildman–Crippen MR) is 105 cm³/mol. The van der Waals surface area contributed by atoms with Crippen LogP contribution in [-0.4, -0.2) is 51.4 Å². The fourth-order valence-corrected chi connectivity index (χ4v) is 3.35. The van der Waals surface area contributed by atoms with Crippen molar-refractivity contribution < 1.29 is 9.13 Å². The summed E-state index contributed by atoms with van der Waals surface area (Å²) >= 11 is 0. The second-order valence-electron chi connectivity index (χ2n) is 6.85. The second kappa shape index (κ2) is 8.24. The zero-order valence-electron chi connectivity index (χ0n) is 15.9. The maximum absolute atomic E-state index is 13.4. The van der Waals surface area contributed by atoms with E-state index in [0.717, 1.165) is 23.4 Å². The summed E-state index contributed by atoms with van der Waals surface area (Å²) in [6.07, 6.45) is 2.74. The van der Waals surface area contributed by atoms with Crippen LogP contribution in [0.3, 0.4) is 0 Å². The summed E-state index contributed by atoms with van der Waals surface area (Å²) < 4.78 is 19.0. The number of benzene rings is 1. The van der Waals surface area contributed by atoms with Crippen molar-refractivity contribution in [1.29, 1.82) is 5.26 Å². The highest BCUT2D eigenvalue weighted by molar-refractivity contribution is 5.71. The van der Waals surface area contributed by atoms with Gasteiger partial charge in [0.1, 0.15) is 23.8 Å². The predicted octanol–water partition coefficient (Wildman–Crippen LogP) is 3.03. The van der Waals surface area contributed by atoms with Gasteiger partial charge in [0.2, 0.25) is 0 Å². The average Bonchev–Trinajstić information content (AvgIpc) is 3.37. The van der Waals surface area contributed by atoms with E-state index in [9.17, 15) is 4.39 Å².